The first kappa shape index (κ1) is 18.1. The number of amides is 1. The smallest absolute Gasteiger partial charge is 0.350 e. The van der Waals surface area contributed by atoms with Crippen molar-refractivity contribution >= 4 is 17.2 Å². The van der Waals surface area contributed by atoms with E-state index in [-0.39, 0.29) is 12.2 Å². The number of carbonyl (C=O) groups excluding carboxylic acids is 1. The van der Waals surface area contributed by atoms with Crippen molar-refractivity contribution in [2.45, 2.75) is 12.6 Å². The van der Waals surface area contributed by atoms with Crippen molar-refractivity contribution in [1.82, 2.24) is 20.1 Å². The quantitative estimate of drug-likeness (QED) is 0.737. The molecule has 0 aliphatic carbocycles. The van der Waals surface area contributed by atoms with Crippen LogP contribution >= 0.6 is 11.3 Å². The van der Waals surface area contributed by atoms with Gasteiger partial charge in [-0.1, -0.05) is 30.3 Å². The average Bonchev–Trinajstić information content (AvgIpc) is 3.22. The molecule has 3 rings (SSSR count). The Balaban J connectivity index is 1.57. The third-order valence-electron chi connectivity index (χ3n) is 3.64. The van der Waals surface area contributed by atoms with E-state index in [4.69, 9.17) is 0 Å². The number of carbonyl (C=O) groups is 1. The van der Waals surface area contributed by atoms with Gasteiger partial charge in [0.05, 0.1) is 5.69 Å². The molecule has 0 fully saturated rings. The van der Waals surface area contributed by atoms with E-state index in [1.54, 1.807) is 0 Å². The fourth-order valence-corrected chi connectivity index (χ4v) is 3.23. The standard InChI is InChI=1S/C17H15F3N4OS/c1-24-14(17(18,19)20)9-13(23-24)15(25)21-8-7-12-10-26-16(22-12)11-5-3-2-4-6-11/h2-6,9-10H,7-8H2,1H3,(H,21,25). The summed E-state index contributed by atoms with van der Waals surface area (Å²) in [6.07, 6.45) is -4.07. The molecule has 3 aromatic rings. The topological polar surface area (TPSA) is 59.8 Å². The molecule has 5 nitrogen and oxygen atoms in total. The number of hydrogen-bond donors (Lipinski definition) is 1. The lowest BCUT2D eigenvalue weighted by atomic mass is 10.2. The van der Waals surface area contributed by atoms with Crippen LogP contribution in [0.1, 0.15) is 21.9 Å². The summed E-state index contributed by atoms with van der Waals surface area (Å²) in [6.45, 7) is 0.259. The molecule has 136 valence electrons. The Morgan fingerprint density at radius 1 is 1.27 bits per heavy atom. The molecule has 26 heavy (non-hydrogen) atoms. The molecule has 0 saturated carbocycles. The number of nitrogens with zero attached hydrogens (tertiary/aromatic N) is 3. The maximum absolute atomic E-state index is 12.7. The number of nitrogens with one attached hydrogen (secondary N) is 1. The molecule has 2 aromatic heterocycles. The Morgan fingerprint density at radius 3 is 2.65 bits per heavy atom. The van der Waals surface area contributed by atoms with Gasteiger partial charge in [-0.25, -0.2) is 4.98 Å². The van der Waals surface area contributed by atoms with Crippen molar-refractivity contribution in [3.05, 3.63) is 58.9 Å². The van der Waals surface area contributed by atoms with E-state index >= 15 is 0 Å². The minimum Gasteiger partial charge on any atom is -0.350 e. The van der Waals surface area contributed by atoms with Gasteiger partial charge in [-0.3, -0.25) is 9.48 Å². The Bertz CT molecular complexity index is 902. The Labute approximate surface area is 151 Å². The van der Waals surface area contributed by atoms with Crippen molar-refractivity contribution in [1.29, 1.82) is 0 Å². The molecule has 0 radical (unpaired) electrons. The van der Waals surface area contributed by atoms with Crippen molar-refractivity contribution in [2.24, 2.45) is 7.05 Å². The van der Waals surface area contributed by atoms with Gasteiger partial charge in [0.1, 0.15) is 10.7 Å². The molecule has 9 heteroatoms. The number of alkyl halides is 3. The summed E-state index contributed by atoms with van der Waals surface area (Å²) in [4.78, 5) is 16.5. The average molecular weight is 380 g/mol. The highest BCUT2D eigenvalue weighted by atomic mass is 32.1. The zero-order valence-corrected chi connectivity index (χ0v) is 14.6. The fraction of sp³-hybridized carbons (Fsp3) is 0.235. The molecule has 2 heterocycles. The third kappa shape index (κ3) is 4.10. The number of hydrogen-bond acceptors (Lipinski definition) is 4. The second-order valence-electron chi connectivity index (χ2n) is 5.55. The number of benzene rings is 1. The van der Waals surface area contributed by atoms with Crippen LogP contribution in [0.5, 0.6) is 0 Å². The third-order valence-corrected chi connectivity index (χ3v) is 4.58. The maximum atomic E-state index is 12.7. The Hall–Kier alpha value is -2.68. The molecule has 1 amide bonds. The Morgan fingerprint density at radius 2 is 2.00 bits per heavy atom. The molecular weight excluding hydrogens is 365 g/mol. The van der Waals surface area contributed by atoms with Crippen LogP contribution in [0, 0.1) is 0 Å². The first-order chi connectivity index (χ1) is 12.3. The second kappa shape index (κ2) is 7.28. The SMILES string of the molecule is Cn1nc(C(=O)NCCc2csc(-c3ccccc3)n2)cc1C(F)(F)F. The van der Waals surface area contributed by atoms with Crippen molar-refractivity contribution in [3.63, 3.8) is 0 Å². The molecule has 0 atom stereocenters. The molecule has 0 spiro atoms. The summed E-state index contributed by atoms with van der Waals surface area (Å²) in [5.74, 6) is -0.644. The summed E-state index contributed by atoms with van der Waals surface area (Å²) >= 11 is 1.50. The monoisotopic (exact) mass is 380 g/mol. The molecule has 0 aliphatic rings. The second-order valence-corrected chi connectivity index (χ2v) is 6.41. The van der Waals surface area contributed by atoms with Crippen LogP contribution in [0.25, 0.3) is 10.6 Å². The van der Waals surface area contributed by atoms with Crippen LogP contribution in [0.2, 0.25) is 0 Å². The van der Waals surface area contributed by atoms with Crippen LogP contribution in [0.4, 0.5) is 13.2 Å². The molecule has 0 unspecified atom stereocenters. The number of rotatable bonds is 5. The molecule has 0 bridgehead atoms. The van der Waals surface area contributed by atoms with Gasteiger partial charge >= 0.3 is 6.18 Å². The van der Waals surface area contributed by atoms with E-state index in [1.807, 2.05) is 35.7 Å². The van der Waals surface area contributed by atoms with Crippen LogP contribution in [-0.2, 0) is 19.6 Å². The fourth-order valence-electron chi connectivity index (χ4n) is 2.37. The van der Waals surface area contributed by atoms with Crippen LogP contribution in [0.15, 0.2) is 41.8 Å². The van der Waals surface area contributed by atoms with Crippen LogP contribution < -0.4 is 5.32 Å². The van der Waals surface area contributed by atoms with Gasteiger partial charge < -0.3 is 5.32 Å². The van der Waals surface area contributed by atoms with Crippen molar-refractivity contribution in [2.75, 3.05) is 6.54 Å². The minimum absolute atomic E-state index is 0.259. The number of aromatic nitrogens is 3. The predicted octanol–water partition coefficient (Wildman–Crippen LogP) is 3.53. The van der Waals surface area contributed by atoms with Gasteiger partial charge in [-0.15, -0.1) is 11.3 Å². The zero-order valence-electron chi connectivity index (χ0n) is 13.7. The highest BCUT2D eigenvalue weighted by molar-refractivity contribution is 7.13. The van der Waals surface area contributed by atoms with Crippen LogP contribution in [0.3, 0.4) is 0 Å². The van der Waals surface area contributed by atoms with E-state index in [2.05, 4.69) is 15.4 Å². The number of thiazole rings is 1. The van der Waals surface area contributed by atoms with Gasteiger partial charge in [-0.05, 0) is 0 Å². The highest BCUT2D eigenvalue weighted by Crippen LogP contribution is 2.29. The largest absolute Gasteiger partial charge is 0.433 e. The van der Waals surface area contributed by atoms with Gasteiger partial charge in [0.15, 0.2) is 5.69 Å². The highest BCUT2D eigenvalue weighted by Gasteiger charge is 2.35. The lowest BCUT2D eigenvalue weighted by molar-refractivity contribution is -0.143. The van der Waals surface area contributed by atoms with E-state index < -0.39 is 17.8 Å². The van der Waals surface area contributed by atoms with Gasteiger partial charge in [0.2, 0.25) is 0 Å². The van der Waals surface area contributed by atoms with Crippen molar-refractivity contribution in [3.8, 4) is 10.6 Å². The molecule has 0 aliphatic heterocycles. The van der Waals surface area contributed by atoms with Crippen LogP contribution in [-0.4, -0.2) is 27.2 Å². The van der Waals surface area contributed by atoms with E-state index in [0.717, 1.165) is 29.4 Å². The lowest BCUT2D eigenvalue weighted by Crippen LogP contribution is -2.26. The first-order valence-electron chi connectivity index (χ1n) is 7.74. The minimum atomic E-state index is -4.55. The van der Waals surface area contributed by atoms with Gasteiger partial charge in [-0.2, -0.15) is 18.3 Å². The predicted molar refractivity (Wildman–Crippen MR) is 91.8 cm³/mol. The summed E-state index contributed by atoms with van der Waals surface area (Å²) in [7, 11) is 1.15. The lowest BCUT2D eigenvalue weighted by Gasteiger charge is -2.04. The number of halogens is 3. The summed E-state index contributed by atoms with van der Waals surface area (Å²) in [5, 5.41) is 8.97. The summed E-state index contributed by atoms with van der Waals surface area (Å²) in [5.41, 5.74) is 0.602. The van der Waals surface area contributed by atoms with E-state index in [9.17, 15) is 18.0 Å². The van der Waals surface area contributed by atoms with E-state index in [1.165, 1.54) is 11.3 Å². The van der Waals surface area contributed by atoms with E-state index in [0.29, 0.717) is 11.1 Å². The summed E-state index contributed by atoms with van der Waals surface area (Å²) in [6, 6.07) is 10.5. The van der Waals surface area contributed by atoms with Gasteiger partial charge in [0, 0.05) is 37.0 Å². The van der Waals surface area contributed by atoms with Crippen molar-refractivity contribution < 1.29 is 18.0 Å². The Kier molecular flexibility index (Phi) is 5.08. The molecular formula is C17H15F3N4OS. The normalized spacial score (nSPS) is 11.5. The first-order valence-corrected chi connectivity index (χ1v) is 8.62. The number of aryl methyl sites for hydroxylation is 1. The molecule has 0 saturated heterocycles. The molecule has 1 aromatic carbocycles. The van der Waals surface area contributed by atoms with Gasteiger partial charge in [0.25, 0.3) is 5.91 Å². The maximum Gasteiger partial charge on any atom is 0.433 e. The zero-order chi connectivity index (χ0) is 18.7. The molecule has 1 N–H and O–H groups in total. The summed E-state index contributed by atoms with van der Waals surface area (Å²) < 4.78 is 38.9.